The van der Waals surface area contributed by atoms with E-state index in [0.717, 1.165) is 0 Å². The van der Waals surface area contributed by atoms with E-state index in [1.807, 2.05) is 0 Å². The van der Waals surface area contributed by atoms with Gasteiger partial charge < -0.3 is 9.84 Å². The third-order valence-electron chi connectivity index (χ3n) is 1.92. The second-order valence-corrected chi connectivity index (χ2v) is 3.43. The lowest BCUT2D eigenvalue weighted by Crippen LogP contribution is -2.19. The van der Waals surface area contributed by atoms with Gasteiger partial charge in [-0.2, -0.15) is 0 Å². The summed E-state index contributed by atoms with van der Waals surface area (Å²) < 4.78 is 64.5. The van der Waals surface area contributed by atoms with Gasteiger partial charge in [0, 0.05) is 11.6 Å². The smallest absolute Gasteiger partial charge is 0.478 e. The van der Waals surface area contributed by atoms with Crippen molar-refractivity contribution in [2.24, 2.45) is 0 Å². The van der Waals surface area contributed by atoms with E-state index in [4.69, 9.17) is 16.7 Å². The van der Waals surface area contributed by atoms with Crippen molar-refractivity contribution < 1.29 is 36.6 Å². The molecule has 1 aromatic heterocycles. The van der Waals surface area contributed by atoms with E-state index < -0.39 is 47.3 Å². The maximum atomic E-state index is 12.6. The zero-order chi connectivity index (χ0) is 14.8. The van der Waals surface area contributed by atoms with Crippen LogP contribution in [0.1, 0.15) is 28.0 Å². The van der Waals surface area contributed by atoms with Crippen LogP contribution in [0.3, 0.4) is 0 Å². The average molecular weight is 306 g/mol. The number of aromatic carboxylic acids is 1. The molecule has 4 nitrogen and oxygen atoms in total. The summed E-state index contributed by atoms with van der Waals surface area (Å²) in [5, 5.41) is 8.76. The van der Waals surface area contributed by atoms with Gasteiger partial charge in [-0.05, 0) is 0 Å². The molecule has 1 N–H and O–H groups in total. The molecular formula is C9H5ClF5NO3. The number of alkyl halides is 6. The molecule has 0 spiro atoms. The van der Waals surface area contributed by atoms with Crippen molar-refractivity contribution in [3.05, 3.63) is 22.9 Å². The van der Waals surface area contributed by atoms with Crippen molar-refractivity contribution in [3.8, 4) is 5.88 Å². The predicted molar refractivity (Wildman–Crippen MR) is 52.4 cm³/mol. The van der Waals surface area contributed by atoms with Crippen LogP contribution >= 0.6 is 11.6 Å². The molecule has 0 aliphatic rings. The summed E-state index contributed by atoms with van der Waals surface area (Å²) in [5.74, 6) is -3.64. The molecule has 1 aromatic rings. The predicted octanol–water partition coefficient (Wildman–Crippen LogP) is 3.35. The summed E-state index contributed by atoms with van der Waals surface area (Å²) in [6.45, 7) is 0. The Morgan fingerprint density at radius 1 is 1.47 bits per heavy atom. The van der Waals surface area contributed by atoms with Crippen LogP contribution < -0.4 is 4.74 Å². The van der Waals surface area contributed by atoms with Gasteiger partial charge in [-0.25, -0.2) is 18.6 Å². The fraction of sp³-hybridized carbons (Fsp3) is 0.333. The van der Waals surface area contributed by atoms with Gasteiger partial charge in [0.1, 0.15) is 5.69 Å². The lowest BCUT2D eigenvalue weighted by atomic mass is 10.1. The monoisotopic (exact) mass is 305 g/mol. The van der Waals surface area contributed by atoms with Crippen molar-refractivity contribution in [1.29, 1.82) is 0 Å². The van der Waals surface area contributed by atoms with E-state index in [2.05, 4.69) is 9.72 Å². The van der Waals surface area contributed by atoms with Crippen molar-refractivity contribution in [2.45, 2.75) is 18.7 Å². The molecule has 106 valence electrons. The molecule has 0 saturated heterocycles. The van der Waals surface area contributed by atoms with Crippen LogP contribution in [-0.4, -0.2) is 22.4 Å². The molecule has 0 unspecified atom stereocenters. The quantitative estimate of drug-likeness (QED) is 0.684. The molecule has 0 bridgehead atoms. The Morgan fingerprint density at radius 2 is 2.05 bits per heavy atom. The first-order chi connectivity index (χ1) is 8.65. The van der Waals surface area contributed by atoms with Gasteiger partial charge in [0.15, 0.2) is 0 Å². The van der Waals surface area contributed by atoms with Crippen LogP contribution in [0.2, 0.25) is 0 Å². The largest absolute Gasteiger partial charge is 0.574 e. The molecular weight excluding hydrogens is 301 g/mol. The number of hydrogen-bond donors (Lipinski definition) is 1. The number of nitrogens with zero attached hydrogens (tertiary/aromatic N) is 1. The Morgan fingerprint density at radius 3 is 2.42 bits per heavy atom. The van der Waals surface area contributed by atoms with Crippen molar-refractivity contribution >= 4 is 17.6 Å². The highest BCUT2D eigenvalue weighted by Crippen LogP contribution is 2.30. The topological polar surface area (TPSA) is 59.4 Å². The minimum absolute atomic E-state index is 0.388. The van der Waals surface area contributed by atoms with E-state index in [1.165, 1.54) is 0 Å². The maximum Gasteiger partial charge on any atom is 0.574 e. The van der Waals surface area contributed by atoms with Crippen molar-refractivity contribution in [3.63, 3.8) is 0 Å². The Hall–Kier alpha value is -1.64. The summed E-state index contributed by atoms with van der Waals surface area (Å²) in [6, 6.07) is 0.388. The first kappa shape index (κ1) is 15.4. The lowest BCUT2D eigenvalue weighted by Gasteiger charge is -2.13. The number of carboxylic acid groups (broad SMARTS) is 1. The van der Waals surface area contributed by atoms with Crippen LogP contribution in [0.15, 0.2) is 6.07 Å². The molecule has 0 aliphatic carbocycles. The minimum Gasteiger partial charge on any atom is -0.478 e. The van der Waals surface area contributed by atoms with Crippen LogP contribution in [0, 0.1) is 0 Å². The molecule has 0 fully saturated rings. The summed E-state index contributed by atoms with van der Waals surface area (Å²) in [5.41, 5.74) is -2.53. The second-order valence-electron chi connectivity index (χ2n) is 3.16. The molecule has 0 aliphatic heterocycles. The Labute approximate surface area is 107 Å². The van der Waals surface area contributed by atoms with Gasteiger partial charge in [-0.3, -0.25) is 0 Å². The van der Waals surface area contributed by atoms with E-state index in [1.54, 1.807) is 0 Å². The average Bonchev–Trinajstić information content (AvgIpc) is 2.25. The number of ether oxygens (including phenoxy) is 1. The number of rotatable bonds is 4. The fourth-order valence-corrected chi connectivity index (χ4v) is 1.53. The van der Waals surface area contributed by atoms with Crippen LogP contribution in [0.4, 0.5) is 22.0 Å². The van der Waals surface area contributed by atoms with Gasteiger partial charge in [0.25, 0.3) is 6.43 Å². The Balaban J connectivity index is 3.41. The molecule has 19 heavy (non-hydrogen) atoms. The second kappa shape index (κ2) is 5.55. The number of aromatic nitrogens is 1. The van der Waals surface area contributed by atoms with Gasteiger partial charge >= 0.3 is 12.3 Å². The number of hydrogen-bond acceptors (Lipinski definition) is 3. The van der Waals surface area contributed by atoms with E-state index in [0.29, 0.717) is 6.07 Å². The first-order valence-electron chi connectivity index (χ1n) is 4.52. The molecule has 0 amide bonds. The summed E-state index contributed by atoms with van der Waals surface area (Å²) in [6.07, 6.45) is -8.46. The molecule has 10 heteroatoms. The number of carbonyl (C=O) groups is 1. The third kappa shape index (κ3) is 3.91. The van der Waals surface area contributed by atoms with Crippen LogP contribution in [0.5, 0.6) is 5.88 Å². The van der Waals surface area contributed by atoms with E-state index in [-0.39, 0.29) is 0 Å². The molecule has 0 saturated carbocycles. The number of halogens is 6. The van der Waals surface area contributed by atoms with Crippen molar-refractivity contribution in [1.82, 2.24) is 4.98 Å². The Bertz CT molecular complexity index is 491. The van der Waals surface area contributed by atoms with Crippen LogP contribution in [-0.2, 0) is 5.88 Å². The lowest BCUT2D eigenvalue weighted by molar-refractivity contribution is -0.276. The van der Waals surface area contributed by atoms with Crippen LogP contribution in [0.25, 0.3) is 0 Å². The number of pyridine rings is 1. The van der Waals surface area contributed by atoms with Gasteiger partial charge in [0.05, 0.1) is 11.4 Å². The van der Waals surface area contributed by atoms with Crippen molar-refractivity contribution in [2.75, 3.05) is 0 Å². The fourth-order valence-electron chi connectivity index (χ4n) is 1.25. The van der Waals surface area contributed by atoms with E-state index >= 15 is 0 Å². The summed E-state index contributed by atoms with van der Waals surface area (Å²) in [4.78, 5) is 13.7. The minimum atomic E-state index is -5.18. The highest BCUT2D eigenvalue weighted by Gasteiger charge is 2.33. The summed E-state index contributed by atoms with van der Waals surface area (Å²) in [7, 11) is 0. The Kier molecular flexibility index (Phi) is 4.51. The molecule has 0 radical (unpaired) electrons. The summed E-state index contributed by atoms with van der Waals surface area (Å²) >= 11 is 5.31. The number of carboxylic acids is 1. The molecule has 0 atom stereocenters. The first-order valence-corrected chi connectivity index (χ1v) is 5.06. The molecule has 0 aromatic carbocycles. The van der Waals surface area contributed by atoms with Gasteiger partial charge in [-0.1, -0.05) is 0 Å². The third-order valence-corrected chi connectivity index (χ3v) is 2.19. The highest BCUT2D eigenvalue weighted by molar-refractivity contribution is 6.17. The van der Waals surface area contributed by atoms with Gasteiger partial charge in [0.2, 0.25) is 5.88 Å². The zero-order valence-electron chi connectivity index (χ0n) is 8.84. The van der Waals surface area contributed by atoms with E-state index in [9.17, 15) is 26.7 Å². The maximum absolute atomic E-state index is 12.6. The standard InChI is InChI=1S/C9H5ClF5NO3/c10-2-4-3(8(17)18)1-5(19-9(13,14)15)16-6(4)7(11)12/h1,7H,2H2,(H,17,18). The SMILES string of the molecule is O=C(O)c1cc(OC(F)(F)F)nc(C(F)F)c1CCl. The molecule has 1 heterocycles. The molecule has 1 rings (SSSR count). The normalized spacial score (nSPS) is 11.7. The zero-order valence-corrected chi connectivity index (χ0v) is 9.60. The van der Waals surface area contributed by atoms with Gasteiger partial charge in [-0.15, -0.1) is 24.8 Å². The highest BCUT2D eigenvalue weighted by atomic mass is 35.5.